The van der Waals surface area contributed by atoms with Crippen molar-refractivity contribution in [2.75, 3.05) is 23.4 Å². The third kappa shape index (κ3) is 3.46. The number of hydrogen-bond donors (Lipinski definition) is 1. The highest BCUT2D eigenvalue weighted by Gasteiger charge is 2.29. The van der Waals surface area contributed by atoms with Crippen molar-refractivity contribution < 1.29 is 14.3 Å². The Balaban J connectivity index is 1.49. The van der Waals surface area contributed by atoms with Crippen LogP contribution in [0.4, 0.5) is 10.8 Å². The number of fused-ring (bicyclic) bond motifs is 1. The predicted octanol–water partition coefficient (Wildman–Crippen LogP) is 2.87. The van der Waals surface area contributed by atoms with Crippen LogP contribution in [0.25, 0.3) is 11.3 Å². The van der Waals surface area contributed by atoms with E-state index >= 15 is 0 Å². The Bertz CT molecular complexity index is 1080. The van der Waals surface area contributed by atoms with Gasteiger partial charge < -0.3 is 10.1 Å². The third-order valence-electron chi connectivity index (χ3n) is 4.22. The van der Waals surface area contributed by atoms with Crippen molar-refractivity contribution in [2.24, 2.45) is 7.05 Å². The first kappa shape index (κ1) is 18.5. The number of para-hydroxylation sites is 1. The Morgan fingerprint density at radius 2 is 2.25 bits per heavy atom. The highest BCUT2D eigenvalue weighted by atomic mass is 35.5. The number of amides is 2. The van der Waals surface area contributed by atoms with Crippen molar-refractivity contribution in [1.82, 2.24) is 14.8 Å². The fourth-order valence-electron chi connectivity index (χ4n) is 2.98. The second-order valence-electron chi connectivity index (χ2n) is 6.24. The molecular weight excluding hydrogens is 402 g/mol. The average molecular weight is 418 g/mol. The van der Waals surface area contributed by atoms with Crippen LogP contribution in [0.2, 0.25) is 5.02 Å². The molecule has 144 valence electrons. The highest BCUT2D eigenvalue weighted by molar-refractivity contribution is 7.14. The van der Waals surface area contributed by atoms with E-state index in [1.807, 2.05) is 25.5 Å². The molecule has 0 radical (unpaired) electrons. The van der Waals surface area contributed by atoms with Gasteiger partial charge in [-0.15, -0.1) is 11.3 Å². The summed E-state index contributed by atoms with van der Waals surface area (Å²) in [5, 5.41) is 9.75. The lowest BCUT2D eigenvalue weighted by molar-refractivity contribution is -0.123. The van der Waals surface area contributed by atoms with Gasteiger partial charge in [-0.25, -0.2) is 4.98 Å². The zero-order valence-electron chi connectivity index (χ0n) is 15.1. The SMILES string of the molecule is Cc1nn(C)cc1-c1csc(NC(=O)CN2C(=O)COc3c(Cl)cccc32)n1. The molecular formula is C18H16ClN5O3S. The fourth-order valence-corrected chi connectivity index (χ4v) is 3.93. The van der Waals surface area contributed by atoms with Crippen LogP contribution in [0.5, 0.6) is 5.75 Å². The van der Waals surface area contributed by atoms with Crippen LogP contribution in [0, 0.1) is 6.92 Å². The van der Waals surface area contributed by atoms with E-state index in [1.165, 1.54) is 16.2 Å². The minimum Gasteiger partial charge on any atom is -0.480 e. The average Bonchev–Trinajstić information content (AvgIpc) is 3.23. The third-order valence-corrected chi connectivity index (χ3v) is 5.28. The molecule has 1 aliphatic heterocycles. The van der Waals surface area contributed by atoms with Crippen LogP contribution in [0.3, 0.4) is 0 Å². The van der Waals surface area contributed by atoms with Gasteiger partial charge in [-0.05, 0) is 19.1 Å². The van der Waals surface area contributed by atoms with Gasteiger partial charge in [0.05, 0.1) is 22.1 Å². The van der Waals surface area contributed by atoms with Crippen LogP contribution in [0.1, 0.15) is 5.69 Å². The number of carbonyl (C=O) groups is 2. The molecule has 1 aromatic carbocycles. The molecule has 0 saturated heterocycles. The zero-order chi connectivity index (χ0) is 19.8. The first-order valence-electron chi connectivity index (χ1n) is 8.40. The number of ether oxygens (including phenoxy) is 1. The van der Waals surface area contributed by atoms with Crippen LogP contribution in [0.15, 0.2) is 29.8 Å². The number of anilines is 2. The van der Waals surface area contributed by atoms with Crippen LogP contribution in [-0.2, 0) is 16.6 Å². The van der Waals surface area contributed by atoms with Crippen molar-refractivity contribution in [3.8, 4) is 17.0 Å². The smallest absolute Gasteiger partial charge is 0.265 e. The molecule has 0 fully saturated rings. The van der Waals surface area contributed by atoms with Crippen molar-refractivity contribution in [3.63, 3.8) is 0 Å². The van der Waals surface area contributed by atoms with E-state index in [-0.39, 0.29) is 25.0 Å². The number of nitrogens with zero attached hydrogens (tertiary/aromatic N) is 4. The molecule has 0 saturated carbocycles. The molecule has 0 aliphatic carbocycles. The summed E-state index contributed by atoms with van der Waals surface area (Å²) in [6, 6.07) is 5.07. The van der Waals surface area contributed by atoms with Crippen molar-refractivity contribution >= 4 is 45.6 Å². The molecule has 10 heteroatoms. The van der Waals surface area contributed by atoms with Gasteiger partial charge in [0.2, 0.25) is 5.91 Å². The Kier molecular flexibility index (Phi) is 4.78. The Morgan fingerprint density at radius 3 is 3.00 bits per heavy atom. The monoisotopic (exact) mass is 417 g/mol. The molecule has 3 aromatic rings. The standard InChI is InChI=1S/C18H16ClN5O3S/c1-10-11(6-23(2)22-10)13-9-28-18(20-13)21-15(25)7-24-14-5-3-4-12(19)17(14)27-8-16(24)26/h3-6,9H,7-8H2,1-2H3,(H,20,21,25). The summed E-state index contributed by atoms with van der Waals surface area (Å²) in [6.07, 6.45) is 1.88. The van der Waals surface area contributed by atoms with E-state index in [0.29, 0.717) is 21.6 Å². The molecule has 1 N–H and O–H groups in total. The van der Waals surface area contributed by atoms with Crippen molar-refractivity contribution in [3.05, 3.63) is 40.5 Å². The maximum absolute atomic E-state index is 12.5. The molecule has 0 bridgehead atoms. The topological polar surface area (TPSA) is 89.4 Å². The van der Waals surface area contributed by atoms with E-state index in [4.69, 9.17) is 16.3 Å². The quantitative estimate of drug-likeness (QED) is 0.705. The molecule has 0 unspecified atom stereocenters. The number of carbonyl (C=O) groups excluding carboxylic acids is 2. The number of nitrogens with one attached hydrogen (secondary N) is 1. The van der Waals surface area contributed by atoms with Gasteiger partial charge >= 0.3 is 0 Å². The second kappa shape index (κ2) is 7.25. The minimum absolute atomic E-state index is 0.156. The summed E-state index contributed by atoms with van der Waals surface area (Å²) in [7, 11) is 1.84. The second-order valence-corrected chi connectivity index (χ2v) is 7.51. The number of hydrogen-bond acceptors (Lipinski definition) is 6. The van der Waals surface area contributed by atoms with Gasteiger partial charge in [0.25, 0.3) is 5.91 Å². The molecule has 2 amide bonds. The van der Waals surface area contributed by atoms with E-state index < -0.39 is 0 Å². The Morgan fingerprint density at radius 1 is 1.43 bits per heavy atom. The highest BCUT2D eigenvalue weighted by Crippen LogP contribution is 2.38. The molecule has 0 spiro atoms. The number of benzene rings is 1. The largest absolute Gasteiger partial charge is 0.480 e. The van der Waals surface area contributed by atoms with Gasteiger partial charge in [0.1, 0.15) is 6.54 Å². The van der Waals surface area contributed by atoms with Gasteiger partial charge in [-0.2, -0.15) is 5.10 Å². The number of halogens is 1. The van der Waals surface area contributed by atoms with Gasteiger partial charge in [-0.1, -0.05) is 17.7 Å². The normalized spacial score (nSPS) is 13.2. The number of rotatable bonds is 4. The van der Waals surface area contributed by atoms with Crippen LogP contribution in [-0.4, -0.2) is 39.7 Å². The lowest BCUT2D eigenvalue weighted by Crippen LogP contribution is -2.43. The first-order chi connectivity index (χ1) is 13.4. The minimum atomic E-state index is -0.356. The van der Waals surface area contributed by atoms with E-state index in [0.717, 1.165) is 17.0 Å². The molecule has 2 aromatic heterocycles. The summed E-state index contributed by atoms with van der Waals surface area (Å²) in [5.41, 5.74) is 2.99. The lowest BCUT2D eigenvalue weighted by atomic mass is 10.2. The van der Waals surface area contributed by atoms with E-state index in [9.17, 15) is 9.59 Å². The maximum atomic E-state index is 12.5. The van der Waals surface area contributed by atoms with Crippen LogP contribution >= 0.6 is 22.9 Å². The molecule has 3 heterocycles. The zero-order valence-corrected chi connectivity index (χ0v) is 16.7. The van der Waals surface area contributed by atoms with Gasteiger partial charge in [0.15, 0.2) is 17.5 Å². The van der Waals surface area contributed by atoms with E-state index in [1.54, 1.807) is 22.9 Å². The lowest BCUT2D eigenvalue weighted by Gasteiger charge is -2.29. The number of aryl methyl sites for hydroxylation is 2. The summed E-state index contributed by atoms with van der Waals surface area (Å²) in [4.78, 5) is 30.6. The Hall–Kier alpha value is -2.91. The van der Waals surface area contributed by atoms with Crippen LogP contribution < -0.4 is 15.0 Å². The number of thiazole rings is 1. The summed E-state index contributed by atoms with van der Waals surface area (Å²) in [5.74, 6) is -0.263. The molecule has 1 aliphatic rings. The molecule has 28 heavy (non-hydrogen) atoms. The molecule has 0 atom stereocenters. The Labute approximate surface area is 169 Å². The predicted molar refractivity (Wildman–Crippen MR) is 107 cm³/mol. The molecule has 8 nitrogen and oxygen atoms in total. The first-order valence-corrected chi connectivity index (χ1v) is 9.66. The van der Waals surface area contributed by atoms with Crippen molar-refractivity contribution in [2.45, 2.75) is 6.92 Å². The van der Waals surface area contributed by atoms with Gasteiger partial charge in [-0.3, -0.25) is 19.2 Å². The summed E-state index contributed by atoms with van der Waals surface area (Å²) in [6.45, 7) is 1.58. The van der Waals surface area contributed by atoms with Gasteiger partial charge in [0, 0.05) is 24.2 Å². The summed E-state index contributed by atoms with van der Waals surface area (Å²) < 4.78 is 7.11. The maximum Gasteiger partial charge on any atom is 0.265 e. The van der Waals surface area contributed by atoms with E-state index in [2.05, 4.69) is 15.4 Å². The summed E-state index contributed by atoms with van der Waals surface area (Å²) >= 11 is 7.43. The van der Waals surface area contributed by atoms with Crippen molar-refractivity contribution in [1.29, 1.82) is 0 Å². The number of aromatic nitrogens is 3. The fraction of sp³-hybridized carbons (Fsp3) is 0.222. The molecule has 4 rings (SSSR count).